The predicted octanol–water partition coefficient (Wildman–Crippen LogP) is 3.82. The van der Waals surface area contributed by atoms with E-state index in [1.807, 2.05) is 6.92 Å². The standard InChI is InChI=1S/C18H21ClN2O4S/c1-3-10-26(23,24)21-16-7-5-15(6-8-16)20-18(22)12-25-17-9-4-14(19)11-13(17)2/h4-9,11,21H,3,10,12H2,1-2H3,(H,20,22). The number of carbonyl (C=O) groups is 1. The molecule has 0 aliphatic carbocycles. The van der Waals surface area contributed by atoms with E-state index in [1.54, 1.807) is 49.4 Å². The molecule has 8 heteroatoms. The van der Waals surface area contributed by atoms with Gasteiger partial charge in [0.2, 0.25) is 10.0 Å². The molecule has 1 amide bonds. The fraction of sp³-hybridized carbons (Fsp3) is 0.278. The first-order chi connectivity index (χ1) is 12.3. The summed E-state index contributed by atoms with van der Waals surface area (Å²) < 4.78 is 31.4. The molecule has 0 atom stereocenters. The Kier molecular flexibility index (Phi) is 6.88. The number of rotatable bonds is 8. The highest BCUT2D eigenvalue weighted by atomic mass is 35.5. The largest absolute Gasteiger partial charge is 0.483 e. The van der Waals surface area contributed by atoms with E-state index in [0.29, 0.717) is 28.6 Å². The summed E-state index contributed by atoms with van der Waals surface area (Å²) in [5, 5.41) is 3.30. The molecule has 2 aromatic carbocycles. The Morgan fingerprint density at radius 2 is 1.77 bits per heavy atom. The summed E-state index contributed by atoms with van der Waals surface area (Å²) in [5.41, 5.74) is 1.84. The average molecular weight is 397 g/mol. The van der Waals surface area contributed by atoms with Gasteiger partial charge in [-0.3, -0.25) is 9.52 Å². The first-order valence-corrected chi connectivity index (χ1v) is 10.1. The molecule has 26 heavy (non-hydrogen) atoms. The number of ether oxygens (including phenoxy) is 1. The fourth-order valence-electron chi connectivity index (χ4n) is 2.24. The van der Waals surface area contributed by atoms with E-state index in [0.717, 1.165) is 5.56 Å². The summed E-state index contributed by atoms with van der Waals surface area (Å²) in [6.07, 6.45) is 0.538. The van der Waals surface area contributed by atoms with Crippen molar-refractivity contribution in [3.8, 4) is 5.75 Å². The van der Waals surface area contributed by atoms with Crippen LogP contribution in [-0.4, -0.2) is 26.7 Å². The van der Waals surface area contributed by atoms with Gasteiger partial charge in [-0.2, -0.15) is 0 Å². The average Bonchev–Trinajstić information content (AvgIpc) is 2.55. The van der Waals surface area contributed by atoms with Crippen LogP contribution in [0, 0.1) is 6.92 Å². The molecule has 0 saturated heterocycles. The molecule has 0 fully saturated rings. The lowest BCUT2D eigenvalue weighted by atomic mass is 10.2. The maximum atomic E-state index is 12.0. The zero-order valence-corrected chi connectivity index (χ0v) is 16.2. The molecule has 0 spiro atoms. The van der Waals surface area contributed by atoms with Gasteiger partial charge in [0.25, 0.3) is 5.91 Å². The Labute approximate surface area is 158 Å². The zero-order valence-electron chi connectivity index (χ0n) is 14.6. The van der Waals surface area contributed by atoms with Crippen molar-refractivity contribution in [2.24, 2.45) is 0 Å². The summed E-state index contributed by atoms with van der Waals surface area (Å²) >= 11 is 5.88. The lowest BCUT2D eigenvalue weighted by Crippen LogP contribution is -2.20. The molecule has 2 N–H and O–H groups in total. The third-order valence-corrected chi connectivity index (χ3v) is 5.14. The second kappa shape index (κ2) is 8.91. The van der Waals surface area contributed by atoms with Crippen LogP contribution in [0.2, 0.25) is 5.02 Å². The summed E-state index contributed by atoms with van der Waals surface area (Å²) in [6, 6.07) is 11.6. The summed E-state index contributed by atoms with van der Waals surface area (Å²) in [7, 11) is -3.33. The third-order valence-electron chi connectivity index (χ3n) is 3.41. The maximum absolute atomic E-state index is 12.0. The first kappa shape index (κ1) is 20.1. The lowest BCUT2D eigenvalue weighted by Gasteiger charge is -2.11. The van der Waals surface area contributed by atoms with Crippen LogP contribution in [0.5, 0.6) is 5.75 Å². The highest BCUT2D eigenvalue weighted by Crippen LogP contribution is 2.22. The smallest absolute Gasteiger partial charge is 0.262 e. The van der Waals surface area contributed by atoms with Crippen molar-refractivity contribution < 1.29 is 17.9 Å². The molecular weight excluding hydrogens is 376 g/mol. The Bertz CT molecular complexity index is 867. The number of amides is 1. The topological polar surface area (TPSA) is 84.5 Å². The van der Waals surface area contributed by atoms with Gasteiger partial charge in [0.15, 0.2) is 6.61 Å². The van der Waals surface area contributed by atoms with Crippen LogP contribution in [0.15, 0.2) is 42.5 Å². The van der Waals surface area contributed by atoms with Crippen LogP contribution in [0.4, 0.5) is 11.4 Å². The monoisotopic (exact) mass is 396 g/mol. The Morgan fingerprint density at radius 3 is 2.38 bits per heavy atom. The highest BCUT2D eigenvalue weighted by molar-refractivity contribution is 7.92. The quantitative estimate of drug-likeness (QED) is 0.710. The van der Waals surface area contributed by atoms with E-state index in [-0.39, 0.29) is 18.3 Å². The predicted molar refractivity (Wildman–Crippen MR) is 104 cm³/mol. The third kappa shape index (κ3) is 6.24. The van der Waals surface area contributed by atoms with Gasteiger partial charge in [0.1, 0.15) is 5.75 Å². The van der Waals surface area contributed by atoms with Crippen LogP contribution < -0.4 is 14.8 Å². The molecule has 6 nitrogen and oxygen atoms in total. The molecule has 0 heterocycles. The normalized spacial score (nSPS) is 11.0. The van der Waals surface area contributed by atoms with Crippen LogP contribution in [0.3, 0.4) is 0 Å². The minimum absolute atomic E-state index is 0.0624. The number of hydrogen-bond acceptors (Lipinski definition) is 4. The van der Waals surface area contributed by atoms with Crippen molar-refractivity contribution >= 4 is 38.9 Å². The maximum Gasteiger partial charge on any atom is 0.262 e. The van der Waals surface area contributed by atoms with Gasteiger partial charge in [-0.15, -0.1) is 0 Å². The summed E-state index contributed by atoms with van der Waals surface area (Å²) in [6.45, 7) is 3.50. The molecule has 0 aliphatic heterocycles. The Morgan fingerprint density at radius 1 is 1.12 bits per heavy atom. The highest BCUT2D eigenvalue weighted by Gasteiger charge is 2.09. The van der Waals surface area contributed by atoms with Crippen molar-refractivity contribution in [1.82, 2.24) is 0 Å². The van der Waals surface area contributed by atoms with E-state index in [1.165, 1.54) is 0 Å². The number of anilines is 2. The van der Waals surface area contributed by atoms with Gasteiger partial charge in [-0.05, 0) is 61.4 Å². The lowest BCUT2D eigenvalue weighted by molar-refractivity contribution is -0.118. The van der Waals surface area contributed by atoms with E-state index in [2.05, 4.69) is 10.0 Å². The number of benzene rings is 2. The van der Waals surface area contributed by atoms with Gasteiger partial charge >= 0.3 is 0 Å². The second-order valence-electron chi connectivity index (χ2n) is 5.74. The molecule has 0 aliphatic rings. The van der Waals surface area contributed by atoms with Gasteiger partial charge < -0.3 is 10.1 Å². The zero-order chi connectivity index (χ0) is 19.2. The number of halogens is 1. The van der Waals surface area contributed by atoms with E-state index >= 15 is 0 Å². The fourth-order valence-corrected chi connectivity index (χ4v) is 3.60. The van der Waals surface area contributed by atoms with E-state index < -0.39 is 10.0 Å². The van der Waals surface area contributed by atoms with Crippen molar-refractivity contribution in [2.45, 2.75) is 20.3 Å². The molecule has 140 valence electrons. The number of carbonyl (C=O) groups excluding carboxylic acids is 1. The van der Waals surface area contributed by atoms with Crippen LogP contribution in [0.25, 0.3) is 0 Å². The van der Waals surface area contributed by atoms with Gasteiger partial charge in [0.05, 0.1) is 5.75 Å². The van der Waals surface area contributed by atoms with Gasteiger partial charge in [-0.1, -0.05) is 18.5 Å². The molecule has 0 aromatic heterocycles. The number of nitrogens with one attached hydrogen (secondary N) is 2. The number of aryl methyl sites for hydroxylation is 1. The molecule has 2 aromatic rings. The van der Waals surface area contributed by atoms with Crippen molar-refractivity contribution in [3.63, 3.8) is 0 Å². The first-order valence-electron chi connectivity index (χ1n) is 8.08. The second-order valence-corrected chi connectivity index (χ2v) is 8.02. The van der Waals surface area contributed by atoms with E-state index in [9.17, 15) is 13.2 Å². The summed E-state index contributed by atoms with van der Waals surface area (Å²) in [4.78, 5) is 12.0. The number of sulfonamides is 1. The van der Waals surface area contributed by atoms with Crippen LogP contribution in [-0.2, 0) is 14.8 Å². The molecule has 0 saturated carbocycles. The van der Waals surface area contributed by atoms with Crippen molar-refractivity contribution in [2.75, 3.05) is 22.4 Å². The van der Waals surface area contributed by atoms with E-state index in [4.69, 9.17) is 16.3 Å². The molecule has 0 bridgehead atoms. The van der Waals surface area contributed by atoms with Crippen molar-refractivity contribution in [1.29, 1.82) is 0 Å². The Balaban J connectivity index is 1.89. The van der Waals surface area contributed by atoms with Crippen LogP contribution >= 0.6 is 11.6 Å². The van der Waals surface area contributed by atoms with Gasteiger partial charge in [0, 0.05) is 16.4 Å². The molecule has 0 radical (unpaired) electrons. The van der Waals surface area contributed by atoms with Crippen molar-refractivity contribution in [3.05, 3.63) is 53.1 Å². The SMILES string of the molecule is CCCS(=O)(=O)Nc1ccc(NC(=O)COc2ccc(Cl)cc2C)cc1. The molecular formula is C18H21ClN2O4S. The van der Waals surface area contributed by atoms with Gasteiger partial charge in [-0.25, -0.2) is 8.42 Å². The minimum Gasteiger partial charge on any atom is -0.483 e. The number of hydrogen-bond donors (Lipinski definition) is 2. The van der Waals surface area contributed by atoms with Crippen LogP contribution in [0.1, 0.15) is 18.9 Å². The Hall–Kier alpha value is -2.25. The molecule has 0 unspecified atom stereocenters. The molecule has 2 rings (SSSR count). The summed E-state index contributed by atoms with van der Waals surface area (Å²) in [5.74, 6) is 0.330. The minimum atomic E-state index is -3.33.